The molecular formula is C16H16N2O4. The lowest BCUT2D eigenvalue weighted by Gasteiger charge is -2.26. The van der Waals surface area contributed by atoms with Gasteiger partial charge in [-0.1, -0.05) is 36.3 Å². The van der Waals surface area contributed by atoms with Gasteiger partial charge in [0.1, 0.15) is 6.61 Å². The molecule has 22 heavy (non-hydrogen) atoms. The van der Waals surface area contributed by atoms with Gasteiger partial charge in [0.2, 0.25) is 0 Å². The minimum atomic E-state index is -1.18. The van der Waals surface area contributed by atoms with Gasteiger partial charge in [0, 0.05) is 12.5 Å². The molecule has 2 aliphatic heterocycles. The fourth-order valence-electron chi connectivity index (χ4n) is 2.81. The van der Waals surface area contributed by atoms with Crippen molar-refractivity contribution in [2.24, 2.45) is 0 Å². The normalized spacial score (nSPS) is 23.2. The van der Waals surface area contributed by atoms with Crippen LogP contribution in [0.4, 0.5) is 4.79 Å². The second-order valence-corrected chi connectivity index (χ2v) is 5.34. The number of hydroxylamine groups is 2. The molecule has 1 unspecified atom stereocenters. The monoisotopic (exact) mass is 300 g/mol. The van der Waals surface area contributed by atoms with Crippen LogP contribution in [0.1, 0.15) is 18.4 Å². The molecule has 0 spiro atoms. The summed E-state index contributed by atoms with van der Waals surface area (Å²) in [5.41, 5.74) is 0.994. The van der Waals surface area contributed by atoms with Crippen LogP contribution >= 0.6 is 0 Å². The van der Waals surface area contributed by atoms with Crippen molar-refractivity contribution in [3.05, 3.63) is 35.9 Å². The van der Waals surface area contributed by atoms with E-state index in [1.165, 1.54) is 5.06 Å². The first-order valence-electron chi connectivity index (χ1n) is 7.16. The van der Waals surface area contributed by atoms with Gasteiger partial charge in [-0.2, -0.15) is 5.06 Å². The van der Waals surface area contributed by atoms with E-state index in [4.69, 9.17) is 9.94 Å². The minimum absolute atomic E-state index is 0.0130. The number of fused-ring (bicyclic) bond motifs is 2. The van der Waals surface area contributed by atoms with E-state index in [0.29, 0.717) is 19.6 Å². The molecular weight excluding hydrogens is 284 g/mol. The van der Waals surface area contributed by atoms with E-state index >= 15 is 0 Å². The Morgan fingerprint density at radius 1 is 1.32 bits per heavy atom. The maximum Gasteiger partial charge on any atom is 0.381 e. The SMILES string of the molecule is O=C(O)C#C[C@H]1CCC2CN1C(=O)N2OCc1ccccc1. The number of carboxylic acids is 1. The molecule has 2 heterocycles. The fraction of sp³-hybridized carbons (Fsp3) is 0.375. The van der Waals surface area contributed by atoms with Crippen LogP contribution in [0.5, 0.6) is 0 Å². The number of hydrogen-bond acceptors (Lipinski definition) is 3. The molecule has 6 heteroatoms. The highest BCUT2D eigenvalue weighted by atomic mass is 16.7. The van der Waals surface area contributed by atoms with Gasteiger partial charge in [0.25, 0.3) is 0 Å². The Bertz CT molecular complexity index is 635. The molecule has 0 aliphatic carbocycles. The Kier molecular flexibility index (Phi) is 3.98. The maximum atomic E-state index is 12.4. The highest BCUT2D eigenvalue weighted by molar-refractivity contribution is 5.87. The maximum absolute atomic E-state index is 12.4. The molecule has 114 valence electrons. The summed E-state index contributed by atoms with van der Waals surface area (Å²) in [6.07, 6.45) is 1.43. The highest BCUT2D eigenvalue weighted by Crippen LogP contribution is 2.30. The van der Waals surface area contributed by atoms with E-state index in [1.54, 1.807) is 4.90 Å². The number of carboxylic acid groups (broad SMARTS) is 1. The van der Waals surface area contributed by atoms with Gasteiger partial charge >= 0.3 is 12.0 Å². The number of hydrogen-bond donors (Lipinski definition) is 1. The Balaban J connectivity index is 1.65. The molecule has 3 rings (SSSR count). The van der Waals surface area contributed by atoms with Crippen LogP contribution in [-0.4, -0.2) is 45.7 Å². The molecule has 2 aliphatic rings. The summed E-state index contributed by atoms with van der Waals surface area (Å²) in [4.78, 5) is 30.2. The predicted molar refractivity (Wildman–Crippen MR) is 77.4 cm³/mol. The highest BCUT2D eigenvalue weighted by Gasteiger charge is 2.45. The zero-order valence-corrected chi connectivity index (χ0v) is 11.9. The number of nitrogens with zero attached hydrogens (tertiary/aromatic N) is 2. The number of piperidine rings is 1. The van der Waals surface area contributed by atoms with Crippen molar-refractivity contribution in [3.8, 4) is 11.8 Å². The largest absolute Gasteiger partial charge is 0.472 e. The van der Waals surface area contributed by atoms with E-state index in [-0.39, 0.29) is 18.1 Å². The Hall–Kier alpha value is -2.52. The molecule has 1 N–H and O–H groups in total. The van der Waals surface area contributed by atoms with Crippen molar-refractivity contribution in [2.75, 3.05) is 6.54 Å². The molecule has 6 nitrogen and oxygen atoms in total. The number of amides is 2. The second-order valence-electron chi connectivity index (χ2n) is 5.34. The van der Waals surface area contributed by atoms with Crippen LogP contribution < -0.4 is 0 Å². The Morgan fingerprint density at radius 2 is 2.09 bits per heavy atom. The van der Waals surface area contributed by atoms with Crippen LogP contribution in [0.15, 0.2) is 30.3 Å². The summed E-state index contributed by atoms with van der Waals surface area (Å²) in [6.45, 7) is 0.870. The molecule has 2 fully saturated rings. The molecule has 1 aromatic rings. The lowest BCUT2D eigenvalue weighted by molar-refractivity contribution is -0.140. The first-order valence-corrected chi connectivity index (χ1v) is 7.16. The van der Waals surface area contributed by atoms with Gasteiger partial charge in [0.15, 0.2) is 0 Å². The van der Waals surface area contributed by atoms with Crippen LogP contribution in [0.3, 0.4) is 0 Å². The minimum Gasteiger partial charge on any atom is -0.472 e. The van der Waals surface area contributed by atoms with E-state index in [2.05, 4.69) is 11.8 Å². The van der Waals surface area contributed by atoms with Gasteiger partial charge in [-0.05, 0) is 18.4 Å². The van der Waals surface area contributed by atoms with Crippen molar-refractivity contribution in [3.63, 3.8) is 0 Å². The van der Waals surface area contributed by atoms with E-state index in [0.717, 1.165) is 12.0 Å². The summed E-state index contributed by atoms with van der Waals surface area (Å²) >= 11 is 0. The fourth-order valence-corrected chi connectivity index (χ4v) is 2.81. The average Bonchev–Trinajstić information content (AvgIpc) is 2.77. The van der Waals surface area contributed by atoms with Crippen molar-refractivity contribution in [2.45, 2.75) is 31.5 Å². The quantitative estimate of drug-likeness (QED) is 0.858. The summed E-state index contributed by atoms with van der Waals surface area (Å²) in [7, 11) is 0. The van der Waals surface area contributed by atoms with Gasteiger partial charge in [-0.3, -0.25) is 4.84 Å². The number of carbonyl (C=O) groups excluding carboxylic acids is 1. The zero-order valence-electron chi connectivity index (χ0n) is 11.9. The topological polar surface area (TPSA) is 70.1 Å². The van der Waals surface area contributed by atoms with Crippen molar-refractivity contribution < 1.29 is 19.5 Å². The van der Waals surface area contributed by atoms with Crippen molar-refractivity contribution in [1.29, 1.82) is 0 Å². The van der Waals surface area contributed by atoms with Crippen molar-refractivity contribution in [1.82, 2.24) is 9.96 Å². The van der Waals surface area contributed by atoms with Crippen LogP contribution in [0.2, 0.25) is 0 Å². The number of carbonyl (C=O) groups is 2. The number of rotatable bonds is 3. The molecule has 2 amide bonds. The molecule has 2 atom stereocenters. The van der Waals surface area contributed by atoms with E-state index in [9.17, 15) is 9.59 Å². The summed E-state index contributed by atoms with van der Waals surface area (Å²) in [5.74, 6) is 3.58. The predicted octanol–water partition coefficient (Wildman–Crippen LogP) is 1.47. The van der Waals surface area contributed by atoms with Crippen LogP contribution in [-0.2, 0) is 16.2 Å². The number of aliphatic carboxylic acids is 1. The molecule has 2 bridgehead atoms. The summed E-state index contributed by atoms with van der Waals surface area (Å²) in [5, 5.41) is 10.0. The summed E-state index contributed by atoms with van der Waals surface area (Å²) in [6, 6.07) is 9.08. The van der Waals surface area contributed by atoms with E-state index in [1.807, 2.05) is 30.3 Å². The molecule has 1 aromatic carbocycles. The lowest BCUT2D eigenvalue weighted by atomic mass is 10.0. The van der Waals surface area contributed by atoms with Gasteiger partial charge < -0.3 is 10.0 Å². The third kappa shape index (κ3) is 2.90. The lowest BCUT2D eigenvalue weighted by Crippen LogP contribution is -2.39. The molecule has 0 radical (unpaired) electrons. The second kappa shape index (κ2) is 6.08. The third-order valence-corrected chi connectivity index (χ3v) is 3.88. The first kappa shape index (κ1) is 14.4. The van der Waals surface area contributed by atoms with Crippen LogP contribution in [0, 0.1) is 11.8 Å². The third-order valence-electron chi connectivity index (χ3n) is 3.88. The molecule has 0 aromatic heterocycles. The average molecular weight is 300 g/mol. The Labute approximate surface area is 128 Å². The summed E-state index contributed by atoms with van der Waals surface area (Å²) < 4.78 is 0. The molecule has 0 saturated carbocycles. The zero-order chi connectivity index (χ0) is 15.5. The first-order chi connectivity index (χ1) is 10.6. The van der Waals surface area contributed by atoms with Gasteiger partial charge in [-0.25, -0.2) is 9.59 Å². The standard InChI is InChI=1S/C16H16N2O4/c19-15(20)9-8-13-6-7-14-10-17(13)16(21)18(14)22-11-12-4-2-1-3-5-12/h1-5,13-14H,6-7,10-11H2,(H,19,20)/t13-,14?/m1/s1. The Morgan fingerprint density at radius 3 is 2.82 bits per heavy atom. The smallest absolute Gasteiger partial charge is 0.381 e. The van der Waals surface area contributed by atoms with Crippen LogP contribution in [0.25, 0.3) is 0 Å². The molecule has 2 saturated heterocycles. The van der Waals surface area contributed by atoms with Gasteiger partial charge in [-0.15, -0.1) is 0 Å². The van der Waals surface area contributed by atoms with Gasteiger partial charge in [0.05, 0.1) is 12.1 Å². The number of benzene rings is 1. The number of urea groups is 1. The van der Waals surface area contributed by atoms with Crippen molar-refractivity contribution >= 4 is 12.0 Å². The van der Waals surface area contributed by atoms with E-state index < -0.39 is 5.97 Å².